The number of pyridine rings is 1. The van der Waals surface area contributed by atoms with E-state index in [4.69, 9.17) is 0 Å². The van der Waals surface area contributed by atoms with Gasteiger partial charge in [-0.1, -0.05) is 13.8 Å². The van der Waals surface area contributed by atoms with Crippen molar-refractivity contribution in [3.05, 3.63) is 34.7 Å². The molecule has 0 aliphatic heterocycles. The van der Waals surface area contributed by atoms with Crippen molar-refractivity contribution in [2.45, 2.75) is 45.7 Å². The van der Waals surface area contributed by atoms with Crippen molar-refractivity contribution in [3.8, 4) is 10.7 Å². The molecule has 1 N–H and O–H groups in total. The first-order chi connectivity index (χ1) is 10.1. The number of rotatable bonds is 6. The van der Waals surface area contributed by atoms with Gasteiger partial charge in [-0.25, -0.2) is 9.37 Å². The zero-order chi connectivity index (χ0) is 14.8. The zero-order valence-corrected chi connectivity index (χ0v) is 13.2. The number of hydrogen-bond donors (Lipinski definition) is 1. The summed E-state index contributed by atoms with van der Waals surface area (Å²) in [6, 6.07) is 3.71. The van der Waals surface area contributed by atoms with Crippen LogP contribution in [0.2, 0.25) is 0 Å². The van der Waals surface area contributed by atoms with Crippen molar-refractivity contribution in [3.63, 3.8) is 0 Å². The lowest BCUT2D eigenvalue weighted by molar-refractivity contribution is 0.620. The van der Waals surface area contributed by atoms with Crippen LogP contribution in [0.1, 0.15) is 37.3 Å². The van der Waals surface area contributed by atoms with E-state index in [9.17, 15) is 4.39 Å². The van der Waals surface area contributed by atoms with Crippen LogP contribution in [0.5, 0.6) is 0 Å². The Bertz CT molecular complexity index is 620. The van der Waals surface area contributed by atoms with E-state index in [-0.39, 0.29) is 5.82 Å². The van der Waals surface area contributed by atoms with E-state index >= 15 is 0 Å². The summed E-state index contributed by atoms with van der Waals surface area (Å²) in [5.74, 6) is 0.234. The molecule has 1 aliphatic carbocycles. The smallest absolute Gasteiger partial charge is 0.151 e. The topological polar surface area (TPSA) is 37.8 Å². The highest BCUT2D eigenvalue weighted by Gasteiger charge is 2.22. The molecule has 0 bridgehead atoms. The second-order valence-corrected chi connectivity index (χ2v) is 7.06. The Morgan fingerprint density at radius 2 is 2.24 bits per heavy atom. The summed E-state index contributed by atoms with van der Waals surface area (Å²) in [7, 11) is 0. The van der Waals surface area contributed by atoms with Gasteiger partial charge >= 0.3 is 0 Å². The number of hydrogen-bond acceptors (Lipinski definition) is 4. The minimum Gasteiger partial charge on any atom is -0.309 e. The zero-order valence-electron chi connectivity index (χ0n) is 12.4. The third-order valence-electron chi connectivity index (χ3n) is 3.47. The molecule has 0 atom stereocenters. The molecule has 112 valence electrons. The fraction of sp³-hybridized carbons (Fsp3) is 0.500. The fourth-order valence-electron chi connectivity index (χ4n) is 2.24. The van der Waals surface area contributed by atoms with Crippen LogP contribution in [0.25, 0.3) is 10.7 Å². The SMILES string of the molecule is CC(C)Cc1nc(-c2ncccc2F)sc1CNC1CC1. The van der Waals surface area contributed by atoms with E-state index in [2.05, 4.69) is 29.1 Å². The van der Waals surface area contributed by atoms with Gasteiger partial charge in [0.2, 0.25) is 0 Å². The molecule has 0 saturated heterocycles. The summed E-state index contributed by atoms with van der Waals surface area (Å²) in [5.41, 5.74) is 1.45. The monoisotopic (exact) mass is 305 g/mol. The summed E-state index contributed by atoms with van der Waals surface area (Å²) in [4.78, 5) is 10.0. The summed E-state index contributed by atoms with van der Waals surface area (Å²) in [6.07, 6.45) is 5.07. The van der Waals surface area contributed by atoms with Crippen molar-refractivity contribution in [1.82, 2.24) is 15.3 Å². The summed E-state index contributed by atoms with van der Waals surface area (Å²) >= 11 is 1.56. The van der Waals surface area contributed by atoms with Crippen LogP contribution in [0.4, 0.5) is 4.39 Å². The number of thiazole rings is 1. The second kappa shape index (κ2) is 6.20. The van der Waals surface area contributed by atoms with Crippen molar-refractivity contribution < 1.29 is 4.39 Å². The Kier molecular flexibility index (Phi) is 4.31. The first-order valence-corrected chi connectivity index (χ1v) is 8.28. The molecule has 0 unspecified atom stereocenters. The standard InChI is InChI=1S/C16H20FN3S/c1-10(2)8-13-14(9-19-11-5-6-11)21-16(20-13)15-12(17)4-3-7-18-15/h3-4,7,10-11,19H,5-6,8-9H2,1-2H3. The van der Waals surface area contributed by atoms with Crippen molar-refractivity contribution in [2.24, 2.45) is 5.92 Å². The molecule has 5 heteroatoms. The summed E-state index contributed by atoms with van der Waals surface area (Å²) < 4.78 is 13.9. The van der Waals surface area contributed by atoms with E-state index in [1.54, 1.807) is 23.6 Å². The van der Waals surface area contributed by atoms with Crippen LogP contribution in [0.3, 0.4) is 0 Å². The molecule has 1 fully saturated rings. The van der Waals surface area contributed by atoms with Gasteiger partial charge in [0.1, 0.15) is 10.7 Å². The van der Waals surface area contributed by atoms with Crippen LogP contribution in [0, 0.1) is 11.7 Å². The molecule has 1 aliphatic rings. The number of halogens is 1. The van der Waals surface area contributed by atoms with Crippen molar-refractivity contribution in [2.75, 3.05) is 0 Å². The maximum absolute atomic E-state index is 13.9. The van der Waals surface area contributed by atoms with Gasteiger partial charge in [-0.2, -0.15) is 0 Å². The molecule has 0 amide bonds. The second-order valence-electron chi connectivity index (χ2n) is 5.98. The maximum atomic E-state index is 13.9. The van der Waals surface area contributed by atoms with Gasteiger partial charge in [-0.3, -0.25) is 4.98 Å². The first kappa shape index (κ1) is 14.6. The molecule has 3 rings (SSSR count). The number of nitrogens with one attached hydrogen (secondary N) is 1. The van der Waals surface area contributed by atoms with E-state index < -0.39 is 0 Å². The van der Waals surface area contributed by atoms with Gasteiger partial charge < -0.3 is 5.32 Å². The van der Waals surface area contributed by atoms with Gasteiger partial charge in [0.05, 0.1) is 5.69 Å². The van der Waals surface area contributed by atoms with Gasteiger partial charge in [0.15, 0.2) is 5.82 Å². The molecule has 2 heterocycles. The molecular weight excluding hydrogens is 285 g/mol. The highest BCUT2D eigenvalue weighted by atomic mass is 32.1. The van der Waals surface area contributed by atoms with E-state index in [1.807, 2.05) is 0 Å². The third-order valence-corrected chi connectivity index (χ3v) is 4.57. The van der Waals surface area contributed by atoms with E-state index in [1.165, 1.54) is 23.8 Å². The van der Waals surface area contributed by atoms with E-state index in [0.717, 1.165) is 18.7 Å². The quantitative estimate of drug-likeness (QED) is 0.882. The highest BCUT2D eigenvalue weighted by molar-refractivity contribution is 7.15. The number of nitrogens with zero attached hydrogens (tertiary/aromatic N) is 2. The summed E-state index contributed by atoms with van der Waals surface area (Å²) in [5, 5.41) is 4.21. The van der Waals surface area contributed by atoms with Crippen LogP contribution >= 0.6 is 11.3 Å². The van der Waals surface area contributed by atoms with E-state index in [0.29, 0.717) is 22.7 Å². The Morgan fingerprint density at radius 1 is 1.43 bits per heavy atom. The lowest BCUT2D eigenvalue weighted by Gasteiger charge is -2.05. The highest BCUT2D eigenvalue weighted by Crippen LogP contribution is 2.30. The minimum atomic E-state index is -0.302. The fourth-order valence-corrected chi connectivity index (χ4v) is 3.27. The van der Waals surface area contributed by atoms with Crippen LogP contribution in [-0.4, -0.2) is 16.0 Å². The predicted octanol–water partition coefficient (Wildman–Crippen LogP) is 3.79. The van der Waals surface area contributed by atoms with Gasteiger partial charge in [0.25, 0.3) is 0 Å². The lowest BCUT2D eigenvalue weighted by atomic mass is 10.1. The molecule has 2 aromatic rings. The molecule has 0 aromatic carbocycles. The molecular formula is C16H20FN3S. The number of aromatic nitrogens is 2. The summed E-state index contributed by atoms with van der Waals surface area (Å²) in [6.45, 7) is 5.19. The third kappa shape index (κ3) is 3.66. The molecule has 0 spiro atoms. The maximum Gasteiger partial charge on any atom is 0.151 e. The molecule has 2 aromatic heterocycles. The lowest BCUT2D eigenvalue weighted by Crippen LogP contribution is -2.15. The van der Waals surface area contributed by atoms with Crippen LogP contribution in [-0.2, 0) is 13.0 Å². The van der Waals surface area contributed by atoms with Crippen molar-refractivity contribution >= 4 is 11.3 Å². The molecule has 1 saturated carbocycles. The largest absolute Gasteiger partial charge is 0.309 e. The average molecular weight is 305 g/mol. The van der Waals surface area contributed by atoms with Gasteiger partial charge in [0, 0.05) is 23.7 Å². The van der Waals surface area contributed by atoms with Crippen molar-refractivity contribution in [1.29, 1.82) is 0 Å². The Labute approximate surface area is 128 Å². The Hall–Kier alpha value is -1.33. The molecule has 21 heavy (non-hydrogen) atoms. The van der Waals surface area contributed by atoms with Crippen LogP contribution in [0.15, 0.2) is 18.3 Å². The van der Waals surface area contributed by atoms with Gasteiger partial charge in [-0.05, 0) is 37.3 Å². The molecule has 0 radical (unpaired) electrons. The minimum absolute atomic E-state index is 0.302. The van der Waals surface area contributed by atoms with Gasteiger partial charge in [-0.15, -0.1) is 11.3 Å². The average Bonchev–Trinajstić information content (AvgIpc) is 3.19. The Balaban J connectivity index is 1.88. The van der Waals surface area contributed by atoms with Crippen LogP contribution < -0.4 is 5.32 Å². The Morgan fingerprint density at radius 3 is 2.90 bits per heavy atom. The predicted molar refractivity (Wildman–Crippen MR) is 83.7 cm³/mol. The normalized spacial score (nSPS) is 14.9. The first-order valence-electron chi connectivity index (χ1n) is 7.46. The molecule has 3 nitrogen and oxygen atoms in total.